The minimum Gasteiger partial charge on any atom is -0.482 e. The van der Waals surface area contributed by atoms with Crippen LogP contribution >= 0.6 is 0 Å². The van der Waals surface area contributed by atoms with Crippen LogP contribution in [-0.2, 0) is 27.2 Å². The van der Waals surface area contributed by atoms with Crippen molar-refractivity contribution in [3.63, 3.8) is 0 Å². The molecule has 8 nitrogen and oxygen atoms in total. The number of carbonyl (C=O) groups is 2. The van der Waals surface area contributed by atoms with Gasteiger partial charge in [0.15, 0.2) is 13.2 Å². The Morgan fingerprint density at radius 3 is 2.52 bits per heavy atom. The second kappa shape index (κ2) is 8.31. The number of esters is 1. The average molecular weight is 370 g/mol. The molecule has 1 aliphatic carbocycles. The molecular weight excluding hydrogens is 352 g/mol. The summed E-state index contributed by atoms with van der Waals surface area (Å²) in [5.74, 6) is -0.605. The first-order chi connectivity index (χ1) is 13.0. The molecule has 2 aromatic carbocycles. The summed E-state index contributed by atoms with van der Waals surface area (Å²) in [6, 6.07) is 11.1. The Morgan fingerprint density at radius 2 is 1.78 bits per heavy atom. The maximum absolute atomic E-state index is 11.8. The third-order valence-electron chi connectivity index (χ3n) is 4.15. The summed E-state index contributed by atoms with van der Waals surface area (Å²) in [5.41, 5.74) is 2.84. The van der Waals surface area contributed by atoms with Crippen molar-refractivity contribution in [2.45, 2.75) is 19.3 Å². The summed E-state index contributed by atoms with van der Waals surface area (Å²) in [5, 5.41) is 13.1. The lowest BCUT2D eigenvalue weighted by Gasteiger charge is -2.09. The minimum atomic E-state index is -0.658. The van der Waals surface area contributed by atoms with Crippen molar-refractivity contribution in [1.82, 2.24) is 0 Å². The number of ether oxygens (including phenoxy) is 2. The van der Waals surface area contributed by atoms with E-state index in [-0.39, 0.29) is 12.3 Å². The molecule has 0 aromatic heterocycles. The molecule has 0 aliphatic heterocycles. The van der Waals surface area contributed by atoms with Crippen LogP contribution in [0.1, 0.15) is 17.5 Å². The smallest absolute Gasteiger partial charge is 0.344 e. The molecule has 1 aliphatic rings. The number of benzene rings is 2. The number of hydrogen-bond donors (Lipinski definition) is 1. The fourth-order valence-corrected chi connectivity index (χ4v) is 2.83. The first-order valence-corrected chi connectivity index (χ1v) is 8.46. The molecule has 0 atom stereocenters. The highest BCUT2D eigenvalue weighted by Crippen LogP contribution is 2.26. The van der Waals surface area contributed by atoms with E-state index < -0.39 is 23.4 Å². The van der Waals surface area contributed by atoms with Crippen LogP contribution in [0.4, 0.5) is 11.4 Å². The predicted molar refractivity (Wildman–Crippen MR) is 96.6 cm³/mol. The molecule has 0 heterocycles. The van der Waals surface area contributed by atoms with Crippen LogP contribution in [0.5, 0.6) is 5.75 Å². The normalized spacial score (nSPS) is 12.1. The number of aryl methyl sites for hydroxylation is 2. The van der Waals surface area contributed by atoms with Gasteiger partial charge in [-0.1, -0.05) is 6.07 Å². The number of non-ortho nitro benzene ring substituents is 1. The van der Waals surface area contributed by atoms with Gasteiger partial charge in [0.1, 0.15) is 5.75 Å². The van der Waals surface area contributed by atoms with E-state index in [1.165, 1.54) is 35.4 Å². The van der Waals surface area contributed by atoms with Gasteiger partial charge in [-0.3, -0.25) is 14.9 Å². The largest absolute Gasteiger partial charge is 0.482 e. The summed E-state index contributed by atoms with van der Waals surface area (Å²) in [6.07, 6.45) is 3.21. The molecule has 0 radical (unpaired) electrons. The fourth-order valence-electron chi connectivity index (χ4n) is 2.83. The Morgan fingerprint density at radius 1 is 1.04 bits per heavy atom. The summed E-state index contributed by atoms with van der Waals surface area (Å²) in [7, 11) is 0. The molecule has 1 N–H and O–H groups in total. The summed E-state index contributed by atoms with van der Waals surface area (Å²) >= 11 is 0. The fraction of sp³-hybridized carbons (Fsp3) is 0.263. The lowest BCUT2D eigenvalue weighted by molar-refractivity contribution is -0.384. The first kappa shape index (κ1) is 18.4. The third kappa shape index (κ3) is 5.04. The third-order valence-corrected chi connectivity index (χ3v) is 4.15. The Kier molecular flexibility index (Phi) is 5.65. The number of nitrogens with one attached hydrogen (secondary N) is 1. The molecule has 0 spiro atoms. The molecule has 0 saturated heterocycles. The van der Waals surface area contributed by atoms with Gasteiger partial charge in [-0.15, -0.1) is 0 Å². The number of nitro benzene ring substituents is 1. The molecule has 27 heavy (non-hydrogen) atoms. The zero-order chi connectivity index (χ0) is 19.2. The molecule has 3 rings (SSSR count). The Bertz CT molecular complexity index is 863. The Hall–Kier alpha value is -3.42. The Balaban J connectivity index is 1.40. The van der Waals surface area contributed by atoms with Gasteiger partial charge in [-0.25, -0.2) is 4.79 Å². The van der Waals surface area contributed by atoms with Crippen LogP contribution < -0.4 is 10.1 Å². The highest BCUT2D eigenvalue weighted by atomic mass is 16.6. The quantitative estimate of drug-likeness (QED) is 0.456. The van der Waals surface area contributed by atoms with E-state index in [1.807, 2.05) is 18.2 Å². The molecule has 1 amide bonds. The molecule has 0 saturated carbocycles. The van der Waals surface area contributed by atoms with E-state index in [0.29, 0.717) is 11.4 Å². The topological polar surface area (TPSA) is 108 Å². The zero-order valence-corrected chi connectivity index (χ0v) is 14.5. The standard InChI is InChI=1S/C19H18N2O6/c22-18(20-15-5-7-16(8-6-15)21(24)25)11-27-19(23)12-26-17-9-4-13-2-1-3-14(13)10-17/h4-10H,1-3,11-12H2,(H,20,22). The first-order valence-electron chi connectivity index (χ1n) is 8.46. The SMILES string of the molecule is O=C(COC(=O)COc1ccc2c(c1)CCC2)Nc1ccc([N+](=O)[O-])cc1. The highest BCUT2D eigenvalue weighted by Gasteiger charge is 2.13. The molecular formula is C19H18N2O6. The number of fused-ring (bicyclic) bond motifs is 1. The van der Waals surface area contributed by atoms with E-state index in [0.717, 1.165) is 19.3 Å². The average Bonchev–Trinajstić information content (AvgIpc) is 3.13. The van der Waals surface area contributed by atoms with Gasteiger partial charge in [0.05, 0.1) is 4.92 Å². The molecule has 0 unspecified atom stereocenters. The number of anilines is 1. The van der Waals surface area contributed by atoms with Gasteiger partial charge in [0, 0.05) is 17.8 Å². The van der Waals surface area contributed by atoms with Crippen LogP contribution in [0.25, 0.3) is 0 Å². The molecule has 2 aromatic rings. The van der Waals surface area contributed by atoms with E-state index in [9.17, 15) is 19.7 Å². The number of carbonyl (C=O) groups excluding carboxylic acids is 2. The van der Waals surface area contributed by atoms with Gasteiger partial charge in [0.25, 0.3) is 11.6 Å². The van der Waals surface area contributed by atoms with Gasteiger partial charge in [-0.05, 0) is 54.7 Å². The zero-order valence-electron chi connectivity index (χ0n) is 14.5. The monoisotopic (exact) mass is 370 g/mol. The maximum Gasteiger partial charge on any atom is 0.344 e. The van der Waals surface area contributed by atoms with E-state index in [1.54, 1.807) is 0 Å². The second-order valence-electron chi connectivity index (χ2n) is 6.09. The van der Waals surface area contributed by atoms with E-state index in [2.05, 4.69) is 5.32 Å². The number of hydrogen-bond acceptors (Lipinski definition) is 6. The number of amides is 1. The lowest BCUT2D eigenvalue weighted by Crippen LogP contribution is -2.23. The van der Waals surface area contributed by atoms with Crippen LogP contribution in [0.15, 0.2) is 42.5 Å². The number of nitro groups is 1. The molecule has 140 valence electrons. The van der Waals surface area contributed by atoms with Gasteiger partial charge >= 0.3 is 5.97 Å². The molecule has 0 fully saturated rings. The van der Waals surface area contributed by atoms with Crippen LogP contribution in [0.3, 0.4) is 0 Å². The van der Waals surface area contributed by atoms with Crippen molar-refractivity contribution in [1.29, 1.82) is 0 Å². The van der Waals surface area contributed by atoms with E-state index >= 15 is 0 Å². The van der Waals surface area contributed by atoms with Crippen molar-refractivity contribution in [3.8, 4) is 5.75 Å². The van der Waals surface area contributed by atoms with Gasteiger partial charge < -0.3 is 14.8 Å². The van der Waals surface area contributed by atoms with Gasteiger partial charge in [-0.2, -0.15) is 0 Å². The van der Waals surface area contributed by atoms with Crippen LogP contribution in [-0.4, -0.2) is 30.0 Å². The minimum absolute atomic E-state index is 0.0804. The van der Waals surface area contributed by atoms with Crippen molar-refractivity contribution < 1.29 is 24.0 Å². The maximum atomic E-state index is 11.8. The second-order valence-corrected chi connectivity index (χ2v) is 6.09. The van der Waals surface area contributed by atoms with Crippen molar-refractivity contribution in [3.05, 3.63) is 63.7 Å². The van der Waals surface area contributed by atoms with Crippen molar-refractivity contribution in [2.24, 2.45) is 0 Å². The van der Waals surface area contributed by atoms with Crippen molar-refractivity contribution >= 4 is 23.3 Å². The number of nitrogens with zero attached hydrogens (tertiary/aromatic N) is 1. The summed E-state index contributed by atoms with van der Waals surface area (Å²) in [6.45, 7) is -0.757. The predicted octanol–water partition coefficient (Wildman–Crippen LogP) is 2.64. The van der Waals surface area contributed by atoms with Crippen LogP contribution in [0.2, 0.25) is 0 Å². The molecule has 8 heteroatoms. The van der Waals surface area contributed by atoms with Gasteiger partial charge in [0.2, 0.25) is 0 Å². The highest BCUT2D eigenvalue weighted by molar-refractivity contribution is 5.92. The lowest BCUT2D eigenvalue weighted by atomic mass is 10.1. The Labute approximate surface area is 155 Å². The van der Waals surface area contributed by atoms with Crippen LogP contribution in [0, 0.1) is 10.1 Å². The van der Waals surface area contributed by atoms with E-state index in [4.69, 9.17) is 9.47 Å². The molecule has 0 bridgehead atoms. The summed E-state index contributed by atoms with van der Waals surface area (Å²) < 4.78 is 10.3. The number of rotatable bonds is 7. The van der Waals surface area contributed by atoms with Crippen molar-refractivity contribution in [2.75, 3.05) is 18.5 Å². The summed E-state index contributed by atoms with van der Waals surface area (Å²) in [4.78, 5) is 33.5.